The van der Waals surface area contributed by atoms with E-state index < -0.39 is 6.29 Å². The number of hydrogen-bond acceptors (Lipinski definition) is 4. The second-order valence-corrected chi connectivity index (χ2v) is 3.64. The molecule has 17 heavy (non-hydrogen) atoms. The summed E-state index contributed by atoms with van der Waals surface area (Å²) < 4.78 is 12.3. The molecule has 0 atom stereocenters. The summed E-state index contributed by atoms with van der Waals surface area (Å²) in [5, 5.41) is 9.28. The lowest BCUT2D eigenvalue weighted by Gasteiger charge is -2.19. The summed E-state index contributed by atoms with van der Waals surface area (Å²) in [6.45, 7) is 6.88. The van der Waals surface area contributed by atoms with Gasteiger partial charge in [-0.2, -0.15) is 0 Å². The van der Waals surface area contributed by atoms with Crippen molar-refractivity contribution in [2.75, 3.05) is 13.2 Å². The van der Waals surface area contributed by atoms with Crippen molar-refractivity contribution in [2.45, 2.75) is 33.6 Å². The van der Waals surface area contributed by atoms with Gasteiger partial charge in [-0.3, -0.25) is 4.79 Å². The van der Waals surface area contributed by atoms with Crippen LogP contribution in [0.5, 0.6) is 5.75 Å². The highest BCUT2D eigenvalue weighted by molar-refractivity contribution is 5.21. The monoisotopic (exact) mass is 241 g/mol. The van der Waals surface area contributed by atoms with Crippen molar-refractivity contribution in [3.63, 3.8) is 0 Å². The van der Waals surface area contributed by atoms with Crippen LogP contribution in [-0.2, 0) is 16.0 Å². The van der Waals surface area contributed by atoms with Crippen LogP contribution in [0, 0.1) is 6.92 Å². The molecular weight excluding hydrogens is 222 g/mol. The molecule has 0 unspecified atom stereocenters. The number of nitrogens with zero attached hydrogens (tertiary/aromatic N) is 1. The fourth-order valence-electron chi connectivity index (χ4n) is 1.62. The Bertz CT molecular complexity index is 407. The molecule has 1 heterocycles. The first-order valence-electron chi connectivity index (χ1n) is 5.72. The van der Waals surface area contributed by atoms with Crippen molar-refractivity contribution < 1.29 is 14.6 Å². The normalized spacial score (nSPS) is 11.1. The van der Waals surface area contributed by atoms with Crippen LogP contribution in [0.3, 0.4) is 0 Å². The Morgan fingerprint density at radius 2 is 1.88 bits per heavy atom. The van der Waals surface area contributed by atoms with Crippen molar-refractivity contribution in [3.05, 3.63) is 28.2 Å². The molecular formula is C12H19NO4. The molecule has 0 aliphatic rings. The van der Waals surface area contributed by atoms with E-state index in [0.717, 1.165) is 0 Å². The second-order valence-electron chi connectivity index (χ2n) is 3.64. The van der Waals surface area contributed by atoms with Gasteiger partial charge in [0.05, 0.1) is 6.54 Å². The minimum Gasteiger partial charge on any atom is -0.508 e. The van der Waals surface area contributed by atoms with Gasteiger partial charge in [0.1, 0.15) is 5.75 Å². The number of ether oxygens (including phenoxy) is 2. The summed E-state index contributed by atoms with van der Waals surface area (Å²) in [6, 6.07) is 2.72. The first kappa shape index (κ1) is 13.7. The zero-order valence-corrected chi connectivity index (χ0v) is 10.5. The molecule has 0 radical (unpaired) electrons. The number of aromatic hydroxyl groups is 1. The van der Waals surface area contributed by atoms with Gasteiger partial charge in [-0.05, 0) is 26.8 Å². The van der Waals surface area contributed by atoms with Crippen LogP contribution in [-0.4, -0.2) is 29.2 Å². The Labute approximate surface area is 101 Å². The molecule has 1 aromatic rings. The predicted octanol–water partition coefficient (Wildman–Crippen LogP) is 1.26. The number of aromatic nitrogens is 1. The molecule has 0 aliphatic carbocycles. The van der Waals surface area contributed by atoms with E-state index in [1.54, 1.807) is 6.92 Å². The SMILES string of the molecule is CCOC(Cn1c(C)cc(O)cc1=O)OCC. The lowest BCUT2D eigenvalue weighted by atomic mass is 10.3. The van der Waals surface area contributed by atoms with Gasteiger partial charge < -0.3 is 19.1 Å². The van der Waals surface area contributed by atoms with E-state index in [9.17, 15) is 9.90 Å². The molecule has 5 heteroatoms. The summed E-state index contributed by atoms with van der Waals surface area (Å²) in [5.41, 5.74) is 0.423. The first-order valence-corrected chi connectivity index (χ1v) is 5.72. The van der Waals surface area contributed by atoms with Crippen LogP contribution in [0.4, 0.5) is 0 Å². The summed E-state index contributed by atoms with van der Waals surface area (Å²) in [6.07, 6.45) is -0.439. The molecule has 0 bridgehead atoms. The zero-order valence-electron chi connectivity index (χ0n) is 10.5. The Hall–Kier alpha value is -1.33. The zero-order chi connectivity index (χ0) is 12.8. The Balaban J connectivity index is 2.89. The fraction of sp³-hybridized carbons (Fsp3) is 0.583. The molecule has 96 valence electrons. The second kappa shape index (κ2) is 6.42. The summed E-state index contributed by atoms with van der Waals surface area (Å²) >= 11 is 0. The van der Waals surface area contributed by atoms with Gasteiger partial charge in [0, 0.05) is 25.0 Å². The van der Waals surface area contributed by atoms with Gasteiger partial charge in [0.25, 0.3) is 5.56 Å². The average molecular weight is 241 g/mol. The highest BCUT2D eigenvalue weighted by Gasteiger charge is 2.12. The largest absolute Gasteiger partial charge is 0.508 e. The lowest BCUT2D eigenvalue weighted by molar-refractivity contribution is -0.144. The molecule has 0 saturated carbocycles. The summed E-state index contributed by atoms with van der Waals surface area (Å²) in [5.74, 6) is -0.0203. The van der Waals surface area contributed by atoms with Crippen LogP contribution in [0.2, 0.25) is 0 Å². The van der Waals surface area contributed by atoms with E-state index >= 15 is 0 Å². The van der Waals surface area contributed by atoms with Crippen molar-refractivity contribution in [1.29, 1.82) is 0 Å². The van der Waals surface area contributed by atoms with Crippen LogP contribution in [0.25, 0.3) is 0 Å². The Kier molecular flexibility index (Phi) is 5.18. The van der Waals surface area contributed by atoms with Gasteiger partial charge in [-0.25, -0.2) is 0 Å². The van der Waals surface area contributed by atoms with Gasteiger partial charge in [-0.15, -0.1) is 0 Å². The minimum atomic E-state index is -0.439. The van der Waals surface area contributed by atoms with E-state index in [-0.39, 0.29) is 11.3 Å². The maximum absolute atomic E-state index is 11.7. The maximum Gasteiger partial charge on any atom is 0.254 e. The quantitative estimate of drug-likeness (QED) is 0.762. The summed E-state index contributed by atoms with van der Waals surface area (Å²) in [4.78, 5) is 11.7. The Morgan fingerprint density at radius 1 is 1.29 bits per heavy atom. The van der Waals surface area contributed by atoms with E-state index in [4.69, 9.17) is 9.47 Å². The van der Waals surface area contributed by atoms with Crippen LogP contribution in [0.1, 0.15) is 19.5 Å². The average Bonchev–Trinajstić information content (AvgIpc) is 2.23. The predicted molar refractivity (Wildman–Crippen MR) is 64.1 cm³/mol. The third-order valence-corrected chi connectivity index (χ3v) is 2.36. The maximum atomic E-state index is 11.7. The summed E-state index contributed by atoms with van der Waals surface area (Å²) in [7, 11) is 0. The van der Waals surface area contributed by atoms with E-state index in [1.165, 1.54) is 16.7 Å². The molecule has 0 saturated heterocycles. The highest BCUT2D eigenvalue weighted by Crippen LogP contribution is 2.08. The number of pyridine rings is 1. The molecule has 5 nitrogen and oxygen atoms in total. The van der Waals surface area contributed by atoms with Crippen LogP contribution < -0.4 is 5.56 Å². The Morgan fingerprint density at radius 3 is 2.35 bits per heavy atom. The third kappa shape index (κ3) is 3.87. The number of rotatable bonds is 6. The molecule has 1 rings (SSSR count). The van der Waals surface area contributed by atoms with E-state index in [2.05, 4.69) is 0 Å². The van der Waals surface area contributed by atoms with E-state index in [0.29, 0.717) is 25.5 Å². The van der Waals surface area contributed by atoms with Gasteiger partial charge in [0.2, 0.25) is 0 Å². The molecule has 0 aliphatic heterocycles. The third-order valence-electron chi connectivity index (χ3n) is 2.36. The number of hydrogen-bond donors (Lipinski definition) is 1. The topological polar surface area (TPSA) is 60.7 Å². The fourth-order valence-corrected chi connectivity index (χ4v) is 1.62. The van der Waals surface area contributed by atoms with Crippen molar-refractivity contribution in [1.82, 2.24) is 4.57 Å². The molecule has 1 N–H and O–H groups in total. The standard InChI is InChI=1S/C12H19NO4/c1-4-16-12(17-5-2)8-13-9(3)6-10(14)7-11(13)15/h6-7,12,14H,4-5,8H2,1-3H3. The molecule has 0 aromatic carbocycles. The lowest BCUT2D eigenvalue weighted by Crippen LogP contribution is -2.31. The van der Waals surface area contributed by atoms with Crippen molar-refractivity contribution in [2.24, 2.45) is 0 Å². The van der Waals surface area contributed by atoms with Crippen LogP contribution >= 0.6 is 0 Å². The van der Waals surface area contributed by atoms with E-state index in [1.807, 2.05) is 13.8 Å². The molecule has 0 spiro atoms. The number of aryl methyl sites for hydroxylation is 1. The smallest absolute Gasteiger partial charge is 0.254 e. The highest BCUT2D eigenvalue weighted by atomic mass is 16.7. The van der Waals surface area contributed by atoms with Crippen LogP contribution in [0.15, 0.2) is 16.9 Å². The van der Waals surface area contributed by atoms with Crippen molar-refractivity contribution >= 4 is 0 Å². The van der Waals surface area contributed by atoms with Gasteiger partial charge in [-0.1, -0.05) is 0 Å². The first-order chi connectivity index (χ1) is 8.08. The van der Waals surface area contributed by atoms with Gasteiger partial charge >= 0.3 is 0 Å². The molecule has 1 aromatic heterocycles. The molecule has 0 amide bonds. The van der Waals surface area contributed by atoms with Gasteiger partial charge in [0.15, 0.2) is 6.29 Å². The minimum absolute atomic E-state index is 0.0203. The van der Waals surface area contributed by atoms with Crippen molar-refractivity contribution in [3.8, 4) is 5.75 Å². The molecule has 0 fully saturated rings.